The van der Waals surface area contributed by atoms with Crippen LogP contribution in [-0.2, 0) is 9.59 Å². The minimum atomic E-state index is -4.23. The Labute approximate surface area is 144 Å². The van der Waals surface area contributed by atoms with Crippen molar-refractivity contribution in [2.24, 2.45) is 5.92 Å². The molecule has 2 atom stereocenters. The van der Waals surface area contributed by atoms with Gasteiger partial charge in [-0.05, 0) is 50.6 Å². The number of carbonyl (C=O) groups excluding carboxylic acids is 2. The summed E-state index contributed by atoms with van der Waals surface area (Å²) in [4.78, 5) is 24.9. The number of carbonyl (C=O) groups is 2. The van der Waals surface area contributed by atoms with Crippen LogP contribution in [0.3, 0.4) is 0 Å². The van der Waals surface area contributed by atoms with Crippen LogP contribution in [0.25, 0.3) is 0 Å². The number of amides is 2. The van der Waals surface area contributed by atoms with E-state index in [0.29, 0.717) is 24.3 Å². The van der Waals surface area contributed by atoms with Gasteiger partial charge in [0.25, 0.3) is 0 Å². The van der Waals surface area contributed by atoms with Crippen molar-refractivity contribution < 1.29 is 22.8 Å². The number of rotatable bonds is 4. The molecule has 1 aliphatic rings. The number of hydrogen-bond donors (Lipinski definition) is 2. The number of piperidine rings is 1. The van der Waals surface area contributed by atoms with Crippen LogP contribution in [0.15, 0.2) is 24.3 Å². The molecule has 138 valence electrons. The van der Waals surface area contributed by atoms with Gasteiger partial charge in [-0.3, -0.25) is 14.5 Å². The van der Waals surface area contributed by atoms with E-state index < -0.39 is 18.1 Å². The summed E-state index contributed by atoms with van der Waals surface area (Å²) in [5.41, 5.74) is 1.12. The SMILES string of the molecule is CC(=O)Nc1ccc(NC(=O)[C@H](C)N2CCC[C@H](C(F)(F)F)C2)cc1. The molecule has 0 unspecified atom stereocenters. The van der Waals surface area contributed by atoms with Crippen molar-refractivity contribution in [2.45, 2.75) is 38.9 Å². The first-order valence-electron chi connectivity index (χ1n) is 8.16. The van der Waals surface area contributed by atoms with Crippen LogP contribution < -0.4 is 10.6 Å². The van der Waals surface area contributed by atoms with Crippen LogP contribution in [0.5, 0.6) is 0 Å². The van der Waals surface area contributed by atoms with Gasteiger partial charge in [0.05, 0.1) is 12.0 Å². The lowest BCUT2D eigenvalue weighted by Gasteiger charge is -2.36. The Bertz CT molecular complexity index is 617. The lowest BCUT2D eigenvalue weighted by molar-refractivity contribution is -0.188. The van der Waals surface area contributed by atoms with Gasteiger partial charge in [0.15, 0.2) is 0 Å². The zero-order valence-corrected chi connectivity index (χ0v) is 14.2. The molecule has 0 aliphatic carbocycles. The van der Waals surface area contributed by atoms with Gasteiger partial charge in [-0.1, -0.05) is 0 Å². The molecule has 1 aliphatic heterocycles. The molecular formula is C17H22F3N3O2. The monoisotopic (exact) mass is 357 g/mol. The molecule has 2 N–H and O–H groups in total. The van der Waals surface area contributed by atoms with E-state index in [1.165, 1.54) is 6.92 Å². The maximum atomic E-state index is 12.9. The number of hydrogen-bond acceptors (Lipinski definition) is 3. The summed E-state index contributed by atoms with van der Waals surface area (Å²) < 4.78 is 38.7. The first kappa shape index (κ1) is 19.2. The number of likely N-dealkylation sites (tertiary alicyclic amines) is 1. The fraction of sp³-hybridized carbons (Fsp3) is 0.529. The van der Waals surface area contributed by atoms with Crippen molar-refractivity contribution in [2.75, 3.05) is 23.7 Å². The van der Waals surface area contributed by atoms with Gasteiger partial charge in [0, 0.05) is 24.8 Å². The topological polar surface area (TPSA) is 61.4 Å². The standard InChI is InChI=1S/C17H22F3N3O2/c1-11(23-9-3-4-13(10-23)17(18,19)20)16(25)22-15-7-5-14(6-8-15)21-12(2)24/h5-8,11,13H,3-4,9-10H2,1-2H3,(H,21,24)(H,22,25)/t11-,13-/m0/s1. The predicted molar refractivity (Wildman–Crippen MR) is 89.2 cm³/mol. The average molecular weight is 357 g/mol. The van der Waals surface area contributed by atoms with Crippen molar-refractivity contribution in [3.8, 4) is 0 Å². The molecule has 0 aromatic heterocycles. The molecule has 25 heavy (non-hydrogen) atoms. The lowest BCUT2D eigenvalue weighted by Crippen LogP contribution is -2.49. The van der Waals surface area contributed by atoms with Gasteiger partial charge in [-0.15, -0.1) is 0 Å². The zero-order valence-electron chi connectivity index (χ0n) is 14.2. The Hall–Kier alpha value is -2.09. The third-order valence-electron chi connectivity index (χ3n) is 4.32. The molecule has 0 bridgehead atoms. The second-order valence-corrected chi connectivity index (χ2v) is 6.30. The molecular weight excluding hydrogens is 335 g/mol. The van der Waals surface area contributed by atoms with Crippen LogP contribution in [0, 0.1) is 5.92 Å². The van der Waals surface area contributed by atoms with E-state index in [4.69, 9.17) is 0 Å². The fourth-order valence-electron chi connectivity index (χ4n) is 2.88. The number of nitrogens with zero attached hydrogens (tertiary/aromatic N) is 1. The normalized spacial score (nSPS) is 20.0. The van der Waals surface area contributed by atoms with Gasteiger partial charge in [-0.25, -0.2) is 0 Å². The fourth-order valence-corrected chi connectivity index (χ4v) is 2.88. The van der Waals surface area contributed by atoms with Crippen molar-refractivity contribution in [3.63, 3.8) is 0 Å². The molecule has 8 heteroatoms. The molecule has 1 aromatic rings. The number of alkyl halides is 3. The molecule has 1 fully saturated rings. The van der Waals surface area contributed by atoms with Gasteiger partial charge in [0.2, 0.25) is 11.8 Å². The Morgan fingerprint density at radius 2 is 1.72 bits per heavy atom. The zero-order chi connectivity index (χ0) is 18.6. The number of anilines is 2. The third-order valence-corrected chi connectivity index (χ3v) is 4.32. The number of nitrogens with one attached hydrogen (secondary N) is 2. The van der Waals surface area contributed by atoms with Gasteiger partial charge in [0.1, 0.15) is 0 Å². The quantitative estimate of drug-likeness (QED) is 0.870. The molecule has 0 saturated carbocycles. The highest BCUT2D eigenvalue weighted by molar-refractivity contribution is 5.95. The Morgan fingerprint density at radius 1 is 1.16 bits per heavy atom. The minimum absolute atomic E-state index is 0.110. The van der Waals surface area contributed by atoms with Crippen LogP contribution in [0.4, 0.5) is 24.5 Å². The summed E-state index contributed by atoms with van der Waals surface area (Å²) in [6.45, 7) is 3.33. The van der Waals surface area contributed by atoms with Crippen molar-refractivity contribution in [3.05, 3.63) is 24.3 Å². The molecule has 2 rings (SSSR count). The van der Waals surface area contributed by atoms with E-state index >= 15 is 0 Å². The first-order valence-corrected chi connectivity index (χ1v) is 8.16. The summed E-state index contributed by atoms with van der Waals surface area (Å²) in [6, 6.07) is 5.89. The van der Waals surface area contributed by atoms with Crippen molar-refractivity contribution >= 4 is 23.2 Å². The van der Waals surface area contributed by atoms with E-state index in [1.807, 2.05) is 0 Å². The Balaban J connectivity index is 1.94. The third kappa shape index (κ3) is 5.45. The summed E-state index contributed by atoms with van der Waals surface area (Å²) in [6.07, 6.45) is -3.69. The van der Waals surface area contributed by atoms with Crippen molar-refractivity contribution in [1.82, 2.24) is 4.90 Å². The highest BCUT2D eigenvalue weighted by Crippen LogP contribution is 2.33. The highest BCUT2D eigenvalue weighted by atomic mass is 19.4. The Morgan fingerprint density at radius 3 is 2.24 bits per heavy atom. The maximum Gasteiger partial charge on any atom is 0.393 e. The van der Waals surface area contributed by atoms with Crippen LogP contribution in [-0.4, -0.2) is 42.0 Å². The highest BCUT2D eigenvalue weighted by Gasteiger charge is 2.43. The first-order chi connectivity index (χ1) is 11.7. The van der Waals surface area contributed by atoms with E-state index in [0.717, 1.165) is 0 Å². The second kappa shape index (κ2) is 7.86. The summed E-state index contributed by atoms with van der Waals surface area (Å²) >= 11 is 0. The van der Waals surface area contributed by atoms with Gasteiger partial charge < -0.3 is 10.6 Å². The summed E-state index contributed by atoms with van der Waals surface area (Å²) in [5.74, 6) is -1.93. The smallest absolute Gasteiger partial charge is 0.326 e. The average Bonchev–Trinajstić information content (AvgIpc) is 2.55. The minimum Gasteiger partial charge on any atom is -0.326 e. The molecule has 2 amide bonds. The molecule has 0 spiro atoms. The molecule has 1 heterocycles. The van der Waals surface area contributed by atoms with E-state index in [1.54, 1.807) is 36.1 Å². The molecule has 1 saturated heterocycles. The van der Waals surface area contributed by atoms with Gasteiger partial charge in [-0.2, -0.15) is 13.2 Å². The Kier molecular flexibility index (Phi) is 6.05. The van der Waals surface area contributed by atoms with E-state index in [2.05, 4.69) is 10.6 Å². The second-order valence-electron chi connectivity index (χ2n) is 6.30. The summed E-state index contributed by atoms with van der Waals surface area (Å²) in [7, 11) is 0. The van der Waals surface area contributed by atoms with E-state index in [9.17, 15) is 22.8 Å². The predicted octanol–water partition coefficient (Wildman–Crippen LogP) is 3.25. The van der Waals surface area contributed by atoms with Gasteiger partial charge >= 0.3 is 6.18 Å². The van der Waals surface area contributed by atoms with Crippen molar-refractivity contribution in [1.29, 1.82) is 0 Å². The summed E-state index contributed by atoms with van der Waals surface area (Å²) in [5, 5.41) is 5.31. The molecule has 1 aromatic carbocycles. The molecule has 5 nitrogen and oxygen atoms in total. The van der Waals surface area contributed by atoms with Crippen LogP contribution >= 0.6 is 0 Å². The largest absolute Gasteiger partial charge is 0.393 e. The maximum absolute atomic E-state index is 12.9. The number of benzene rings is 1. The van der Waals surface area contributed by atoms with Crippen LogP contribution in [0.1, 0.15) is 26.7 Å². The lowest BCUT2D eigenvalue weighted by atomic mass is 9.96. The van der Waals surface area contributed by atoms with Crippen LogP contribution in [0.2, 0.25) is 0 Å². The van der Waals surface area contributed by atoms with E-state index in [-0.39, 0.29) is 24.8 Å². The molecule has 0 radical (unpaired) electrons. The number of halogens is 3.